The molecule has 1 saturated carbocycles. The highest BCUT2D eigenvalue weighted by atomic mass is 32.1. The Morgan fingerprint density at radius 2 is 1.52 bits per heavy atom. The fourth-order valence-corrected chi connectivity index (χ4v) is 6.40. The van der Waals surface area contributed by atoms with Gasteiger partial charge in [-0.3, -0.25) is 0 Å². The molecule has 1 aliphatic rings. The molecule has 0 spiro atoms. The van der Waals surface area contributed by atoms with E-state index in [1.54, 1.807) is 0 Å². The second-order valence-corrected chi connectivity index (χ2v) is 8.99. The summed E-state index contributed by atoms with van der Waals surface area (Å²) in [5, 5.41) is 7.57. The monoisotopic (exact) mass is 362 g/mol. The van der Waals surface area contributed by atoms with Crippen molar-refractivity contribution in [1.82, 2.24) is 10.6 Å². The van der Waals surface area contributed by atoms with Gasteiger partial charge in [-0.2, -0.15) is 0 Å². The summed E-state index contributed by atoms with van der Waals surface area (Å²) < 4.78 is 18.0. The maximum Gasteiger partial charge on any atom is 0.524 e. The molecule has 136 valence electrons. The van der Waals surface area contributed by atoms with E-state index in [1.807, 2.05) is 20.8 Å². The topological polar surface area (TPSA) is 51.8 Å². The van der Waals surface area contributed by atoms with E-state index in [1.165, 1.54) is 32.1 Å². The van der Waals surface area contributed by atoms with Gasteiger partial charge in [0.15, 0.2) is 5.11 Å². The van der Waals surface area contributed by atoms with Crippen LogP contribution >= 0.6 is 12.2 Å². The van der Waals surface area contributed by atoms with E-state index in [4.69, 9.17) is 25.5 Å². The molecule has 1 fully saturated rings. The van der Waals surface area contributed by atoms with Crippen molar-refractivity contribution < 1.29 is 13.3 Å². The van der Waals surface area contributed by atoms with Crippen LogP contribution in [0.4, 0.5) is 0 Å². The summed E-state index contributed by atoms with van der Waals surface area (Å²) in [5.41, 5.74) is -0.0223. The minimum absolute atomic E-state index is 0.0223. The SMILES string of the molecule is CCO[Si](OCC)(OCC)C(CC)NC(=S)NC1CCCCC1. The van der Waals surface area contributed by atoms with Crippen molar-refractivity contribution in [2.24, 2.45) is 0 Å². The van der Waals surface area contributed by atoms with Gasteiger partial charge in [0.1, 0.15) is 0 Å². The lowest BCUT2D eigenvalue weighted by atomic mass is 9.96. The summed E-state index contributed by atoms with van der Waals surface area (Å²) in [5.74, 6) is 0. The van der Waals surface area contributed by atoms with Gasteiger partial charge in [0.05, 0.1) is 5.67 Å². The fraction of sp³-hybridized carbons (Fsp3) is 0.938. The molecule has 0 aromatic carbocycles. The Hall–Kier alpha value is -0.213. The zero-order valence-electron chi connectivity index (χ0n) is 15.2. The molecule has 5 nitrogen and oxygen atoms in total. The molecule has 0 aromatic heterocycles. The van der Waals surface area contributed by atoms with Gasteiger partial charge >= 0.3 is 8.80 Å². The third-order valence-electron chi connectivity index (χ3n) is 4.12. The third kappa shape index (κ3) is 6.66. The summed E-state index contributed by atoms with van der Waals surface area (Å²) in [4.78, 5) is 0. The van der Waals surface area contributed by atoms with Gasteiger partial charge in [-0.15, -0.1) is 0 Å². The Bertz CT molecular complexity index is 324. The molecule has 0 radical (unpaired) electrons. The van der Waals surface area contributed by atoms with E-state index < -0.39 is 8.80 Å². The van der Waals surface area contributed by atoms with Gasteiger partial charge in [0.2, 0.25) is 0 Å². The van der Waals surface area contributed by atoms with Crippen LogP contribution in [0, 0.1) is 0 Å². The van der Waals surface area contributed by atoms with Crippen molar-refractivity contribution in [3.63, 3.8) is 0 Å². The smallest absolute Gasteiger partial charge is 0.373 e. The van der Waals surface area contributed by atoms with Crippen LogP contribution in [0.5, 0.6) is 0 Å². The van der Waals surface area contributed by atoms with Crippen molar-refractivity contribution in [1.29, 1.82) is 0 Å². The maximum atomic E-state index is 6.00. The molecule has 2 N–H and O–H groups in total. The lowest BCUT2D eigenvalue weighted by Crippen LogP contribution is -2.64. The van der Waals surface area contributed by atoms with Crippen molar-refractivity contribution in [2.45, 2.75) is 77.9 Å². The average molecular weight is 363 g/mol. The van der Waals surface area contributed by atoms with Crippen LogP contribution in [-0.2, 0) is 13.3 Å². The highest BCUT2D eigenvalue weighted by Crippen LogP contribution is 2.19. The maximum absolute atomic E-state index is 6.00. The predicted octanol–water partition coefficient (Wildman–Crippen LogP) is 3.15. The molecule has 0 bridgehead atoms. The Balaban J connectivity index is 2.70. The zero-order chi connectivity index (χ0) is 17.1. The molecule has 0 amide bonds. The van der Waals surface area contributed by atoms with Gasteiger partial charge in [-0.25, -0.2) is 0 Å². The Morgan fingerprint density at radius 3 is 1.96 bits per heavy atom. The molecule has 1 atom stereocenters. The minimum atomic E-state index is -2.79. The van der Waals surface area contributed by atoms with Gasteiger partial charge in [0, 0.05) is 25.9 Å². The summed E-state index contributed by atoms with van der Waals surface area (Å²) in [6.07, 6.45) is 7.15. The largest absolute Gasteiger partial charge is 0.524 e. The summed E-state index contributed by atoms with van der Waals surface area (Å²) in [6, 6.07) is 0.489. The van der Waals surface area contributed by atoms with E-state index in [0.717, 1.165) is 6.42 Å². The molecule has 1 unspecified atom stereocenters. The molecule has 0 aromatic rings. The molecular weight excluding hydrogens is 328 g/mol. The van der Waals surface area contributed by atoms with Crippen LogP contribution in [0.15, 0.2) is 0 Å². The van der Waals surface area contributed by atoms with Crippen LogP contribution in [0.2, 0.25) is 0 Å². The molecular formula is C16H34N2O3SSi. The van der Waals surface area contributed by atoms with Crippen LogP contribution in [0.3, 0.4) is 0 Å². The molecule has 7 heteroatoms. The molecule has 0 heterocycles. The van der Waals surface area contributed by atoms with E-state index in [9.17, 15) is 0 Å². The van der Waals surface area contributed by atoms with E-state index in [-0.39, 0.29) is 5.67 Å². The van der Waals surface area contributed by atoms with E-state index in [2.05, 4.69) is 17.6 Å². The van der Waals surface area contributed by atoms with Crippen molar-refractivity contribution >= 4 is 26.1 Å². The Labute approximate surface area is 148 Å². The van der Waals surface area contributed by atoms with Gasteiger partial charge < -0.3 is 23.9 Å². The molecule has 1 rings (SSSR count). The first-order valence-corrected chi connectivity index (χ1v) is 11.3. The summed E-state index contributed by atoms with van der Waals surface area (Å²) in [6.45, 7) is 9.77. The van der Waals surface area contributed by atoms with E-state index in [0.29, 0.717) is 31.0 Å². The first-order chi connectivity index (χ1) is 11.1. The summed E-state index contributed by atoms with van der Waals surface area (Å²) >= 11 is 5.53. The molecule has 23 heavy (non-hydrogen) atoms. The normalized spacial score (nSPS) is 17.7. The van der Waals surface area contributed by atoms with Gasteiger partial charge in [0.25, 0.3) is 0 Å². The standard InChI is InChI=1S/C16H34N2O3SSi/c1-5-15(23(19-6-2,20-7-3)21-8-4)18-16(22)17-14-12-10-9-11-13-14/h14-15H,5-13H2,1-4H3,(H2,17,18,22). The number of thiocarbonyl (C=S) groups is 1. The molecule has 1 aliphatic carbocycles. The Kier molecular flexibility index (Phi) is 10.3. The number of nitrogens with one attached hydrogen (secondary N) is 2. The molecule has 0 aliphatic heterocycles. The van der Waals surface area contributed by atoms with Gasteiger partial charge in [-0.05, 0) is 52.3 Å². The van der Waals surface area contributed by atoms with Crippen molar-refractivity contribution in [2.75, 3.05) is 19.8 Å². The van der Waals surface area contributed by atoms with E-state index >= 15 is 0 Å². The van der Waals surface area contributed by atoms with Crippen molar-refractivity contribution in [3.05, 3.63) is 0 Å². The number of hydrogen-bond donors (Lipinski definition) is 2. The fourth-order valence-electron chi connectivity index (χ4n) is 3.10. The minimum Gasteiger partial charge on any atom is -0.373 e. The zero-order valence-corrected chi connectivity index (χ0v) is 17.0. The second-order valence-electron chi connectivity index (χ2n) is 5.82. The summed E-state index contributed by atoms with van der Waals surface area (Å²) in [7, 11) is -2.79. The highest BCUT2D eigenvalue weighted by Gasteiger charge is 2.49. The van der Waals surface area contributed by atoms with Crippen molar-refractivity contribution in [3.8, 4) is 0 Å². The van der Waals surface area contributed by atoms with Crippen LogP contribution in [0.1, 0.15) is 66.2 Å². The predicted molar refractivity (Wildman–Crippen MR) is 100 cm³/mol. The first kappa shape index (κ1) is 20.8. The Morgan fingerprint density at radius 1 is 1.00 bits per heavy atom. The van der Waals surface area contributed by atoms with Crippen LogP contribution in [-0.4, -0.2) is 45.4 Å². The number of rotatable bonds is 10. The van der Waals surface area contributed by atoms with Gasteiger partial charge in [-0.1, -0.05) is 26.2 Å². The quantitative estimate of drug-likeness (QED) is 0.460. The first-order valence-electron chi connectivity index (χ1n) is 9.10. The lowest BCUT2D eigenvalue weighted by molar-refractivity contribution is 0.0595. The second kappa shape index (κ2) is 11.4. The van der Waals surface area contributed by atoms with Crippen LogP contribution in [0.25, 0.3) is 0 Å². The average Bonchev–Trinajstić information content (AvgIpc) is 2.54. The lowest BCUT2D eigenvalue weighted by Gasteiger charge is -2.36. The molecule has 0 saturated heterocycles. The number of hydrogen-bond acceptors (Lipinski definition) is 4. The third-order valence-corrected chi connectivity index (χ3v) is 7.83. The van der Waals surface area contributed by atoms with Crippen LogP contribution < -0.4 is 10.6 Å². The highest BCUT2D eigenvalue weighted by molar-refractivity contribution is 7.80.